The second kappa shape index (κ2) is 4.83. The van der Waals surface area contributed by atoms with Crippen molar-refractivity contribution in [3.05, 3.63) is 0 Å². The number of amides is 2. The van der Waals surface area contributed by atoms with Gasteiger partial charge in [-0.2, -0.15) is 5.10 Å². The quantitative estimate of drug-likeness (QED) is 0.755. The zero-order chi connectivity index (χ0) is 14.3. The van der Waals surface area contributed by atoms with Crippen LogP contribution in [0, 0.1) is 0 Å². The molecular weight excluding hydrogens is 282 g/mol. The predicted molar refractivity (Wildman–Crippen MR) is 71.7 cm³/mol. The Morgan fingerprint density at radius 3 is 2.45 bits per heavy atom. The molecule has 7 nitrogen and oxygen atoms in total. The molecule has 1 atom stereocenters. The van der Waals surface area contributed by atoms with Gasteiger partial charge in [-0.1, -0.05) is 0 Å². The lowest BCUT2D eigenvalue weighted by Gasteiger charge is -2.29. The lowest BCUT2D eigenvalue weighted by molar-refractivity contribution is -0.126. The first-order chi connectivity index (χ1) is 9.46. The van der Waals surface area contributed by atoms with Crippen molar-refractivity contribution < 1.29 is 18.0 Å². The van der Waals surface area contributed by atoms with Gasteiger partial charge in [0.05, 0.1) is 11.5 Å². The van der Waals surface area contributed by atoms with Crippen LogP contribution in [0.4, 0.5) is 0 Å². The molecule has 2 heterocycles. The van der Waals surface area contributed by atoms with Crippen molar-refractivity contribution >= 4 is 27.4 Å². The average Bonchev–Trinajstić information content (AvgIpc) is 3.15. The minimum Gasteiger partial charge on any atom is -0.331 e. The molecule has 2 fully saturated rings. The Hall–Kier alpha value is -1.44. The molecule has 0 aromatic heterocycles. The van der Waals surface area contributed by atoms with E-state index in [9.17, 15) is 18.0 Å². The van der Waals surface area contributed by atoms with Gasteiger partial charge in [0.1, 0.15) is 5.71 Å². The number of nitrogens with one attached hydrogen (secondary N) is 1. The van der Waals surface area contributed by atoms with Gasteiger partial charge in [-0.15, -0.1) is 0 Å². The van der Waals surface area contributed by atoms with Crippen molar-refractivity contribution in [1.82, 2.24) is 10.3 Å². The van der Waals surface area contributed by atoms with Crippen LogP contribution in [0.1, 0.15) is 32.1 Å². The number of sulfone groups is 1. The molecule has 8 heteroatoms. The predicted octanol–water partition coefficient (Wildman–Crippen LogP) is -0.569. The van der Waals surface area contributed by atoms with Crippen molar-refractivity contribution in [1.29, 1.82) is 0 Å². The monoisotopic (exact) mass is 299 g/mol. The average molecular weight is 299 g/mol. The molecule has 1 aliphatic carbocycles. The molecular formula is C12H17N3O4S. The Kier molecular flexibility index (Phi) is 3.27. The maximum absolute atomic E-state index is 12.5. The number of carbonyl (C=O) groups excluding carboxylic acids is 2. The Morgan fingerprint density at radius 2 is 1.95 bits per heavy atom. The highest BCUT2D eigenvalue weighted by atomic mass is 32.2. The topological polar surface area (TPSA) is 95.9 Å². The molecule has 110 valence electrons. The van der Waals surface area contributed by atoms with E-state index in [-0.39, 0.29) is 41.8 Å². The Labute approximate surface area is 117 Å². The third-order valence-electron chi connectivity index (χ3n) is 3.93. The van der Waals surface area contributed by atoms with E-state index in [2.05, 4.69) is 10.5 Å². The first kappa shape index (κ1) is 13.5. The largest absolute Gasteiger partial charge is 0.331 e. The highest BCUT2D eigenvalue weighted by Crippen LogP contribution is 2.32. The maximum Gasteiger partial charge on any atom is 0.270 e. The number of hydrazone groups is 1. The van der Waals surface area contributed by atoms with E-state index in [0.29, 0.717) is 18.6 Å². The summed E-state index contributed by atoms with van der Waals surface area (Å²) in [4.78, 5) is 25.3. The van der Waals surface area contributed by atoms with E-state index in [1.807, 2.05) is 0 Å². The normalized spacial score (nSPS) is 28.7. The van der Waals surface area contributed by atoms with Gasteiger partial charge in [-0.3, -0.25) is 9.59 Å². The summed E-state index contributed by atoms with van der Waals surface area (Å²) in [6.07, 6.45) is 2.92. The molecule has 3 aliphatic rings. The molecule has 0 aromatic carbocycles. The molecule has 0 spiro atoms. The molecule has 0 radical (unpaired) electrons. The minimum absolute atomic E-state index is 0.0505. The molecule has 2 aliphatic heterocycles. The number of nitrogens with zero attached hydrogens (tertiary/aromatic N) is 2. The molecule has 0 aromatic rings. The van der Waals surface area contributed by atoms with Crippen LogP contribution in [0.15, 0.2) is 5.10 Å². The summed E-state index contributed by atoms with van der Waals surface area (Å²) >= 11 is 0. The van der Waals surface area contributed by atoms with Crippen LogP contribution in [0.2, 0.25) is 0 Å². The van der Waals surface area contributed by atoms with Gasteiger partial charge in [0.15, 0.2) is 9.84 Å². The second-order valence-electron chi connectivity index (χ2n) is 5.59. The summed E-state index contributed by atoms with van der Waals surface area (Å²) in [5.41, 5.74) is 2.65. The molecule has 1 N–H and O–H groups in total. The number of hydrogen-bond acceptors (Lipinski definition) is 5. The maximum atomic E-state index is 12.5. The van der Waals surface area contributed by atoms with Crippen LogP contribution in [-0.4, -0.2) is 54.4 Å². The summed E-state index contributed by atoms with van der Waals surface area (Å²) in [6.45, 7) is 0. The summed E-state index contributed by atoms with van der Waals surface area (Å²) in [5, 5.41) is 3.83. The molecule has 3 rings (SSSR count). The fraction of sp³-hybridized carbons (Fsp3) is 0.750. The van der Waals surface area contributed by atoms with Crippen LogP contribution in [0.25, 0.3) is 0 Å². The van der Waals surface area contributed by atoms with Gasteiger partial charge in [0.25, 0.3) is 5.91 Å². The highest BCUT2D eigenvalue weighted by Gasteiger charge is 2.43. The number of carbonyl (C=O) groups is 2. The molecule has 1 unspecified atom stereocenters. The molecule has 20 heavy (non-hydrogen) atoms. The summed E-state index contributed by atoms with van der Waals surface area (Å²) < 4.78 is 23.2. The minimum atomic E-state index is -3.02. The molecule has 1 saturated heterocycles. The molecule has 0 bridgehead atoms. The van der Waals surface area contributed by atoms with Gasteiger partial charge >= 0.3 is 0 Å². The highest BCUT2D eigenvalue weighted by molar-refractivity contribution is 7.91. The van der Waals surface area contributed by atoms with Gasteiger partial charge in [0.2, 0.25) is 5.91 Å². The fourth-order valence-electron chi connectivity index (χ4n) is 2.75. The van der Waals surface area contributed by atoms with E-state index in [1.54, 1.807) is 4.90 Å². The van der Waals surface area contributed by atoms with Crippen molar-refractivity contribution in [3.63, 3.8) is 0 Å². The number of rotatable bonds is 3. The van der Waals surface area contributed by atoms with Crippen molar-refractivity contribution in [2.45, 2.75) is 44.2 Å². The first-order valence-electron chi connectivity index (χ1n) is 6.85. The third-order valence-corrected chi connectivity index (χ3v) is 5.68. The molecule has 2 amide bonds. The zero-order valence-electron chi connectivity index (χ0n) is 11.0. The van der Waals surface area contributed by atoms with Gasteiger partial charge in [-0.05, 0) is 19.3 Å². The summed E-state index contributed by atoms with van der Waals surface area (Å²) in [5.74, 6) is -0.204. The van der Waals surface area contributed by atoms with Crippen LogP contribution < -0.4 is 5.43 Å². The zero-order valence-corrected chi connectivity index (χ0v) is 11.9. The fourth-order valence-corrected chi connectivity index (χ4v) is 4.47. The van der Waals surface area contributed by atoms with Gasteiger partial charge in [-0.25, -0.2) is 13.8 Å². The summed E-state index contributed by atoms with van der Waals surface area (Å²) in [6, 6.07) is -0.0959. The second-order valence-corrected chi connectivity index (χ2v) is 7.82. The SMILES string of the molecule is O=C1CCC(C(=O)N(C2CC2)C2CCS(=O)(=O)C2)=NN1. The van der Waals surface area contributed by atoms with Crippen molar-refractivity contribution in [3.8, 4) is 0 Å². The van der Waals surface area contributed by atoms with E-state index in [1.165, 1.54) is 0 Å². The van der Waals surface area contributed by atoms with Gasteiger partial charge < -0.3 is 4.90 Å². The van der Waals surface area contributed by atoms with E-state index >= 15 is 0 Å². The van der Waals surface area contributed by atoms with E-state index < -0.39 is 9.84 Å². The van der Waals surface area contributed by atoms with Crippen LogP contribution >= 0.6 is 0 Å². The van der Waals surface area contributed by atoms with Crippen molar-refractivity contribution in [2.24, 2.45) is 5.10 Å². The lowest BCUT2D eigenvalue weighted by Crippen LogP contribution is -2.47. The standard InChI is InChI=1S/C12H17N3O4S/c16-11-4-3-10(13-14-11)12(17)15(8-1-2-8)9-5-6-20(18,19)7-9/h8-9H,1-7H2,(H,14,16). The Morgan fingerprint density at radius 1 is 1.20 bits per heavy atom. The van der Waals surface area contributed by atoms with E-state index in [0.717, 1.165) is 12.8 Å². The van der Waals surface area contributed by atoms with Crippen molar-refractivity contribution in [2.75, 3.05) is 11.5 Å². The Bertz CT molecular complexity index is 580. The first-order valence-corrected chi connectivity index (χ1v) is 8.67. The third kappa shape index (κ3) is 2.70. The smallest absolute Gasteiger partial charge is 0.270 e. The van der Waals surface area contributed by atoms with Crippen LogP contribution in [0.5, 0.6) is 0 Å². The van der Waals surface area contributed by atoms with Crippen LogP contribution in [-0.2, 0) is 19.4 Å². The van der Waals surface area contributed by atoms with Crippen LogP contribution in [0.3, 0.4) is 0 Å². The molecule has 1 saturated carbocycles. The Balaban J connectivity index is 1.77. The number of hydrogen-bond donors (Lipinski definition) is 1. The van der Waals surface area contributed by atoms with E-state index in [4.69, 9.17) is 0 Å². The lowest BCUT2D eigenvalue weighted by atomic mass is 10.1. The van der Waals surface area contributed by atoms with Gasteiger partial charge in [0, 0.05) is 24.9 Å². The summed E-state index contributed by atoms with van der Waals surface area (Å²) in [7, 11) is -3.02.